The highest BCUT2D eigenvalue weighted by atomic mass is 16.6. The van der Waals surface area contributed by atoms with Crippen LogP contribution in [0.15, 0.2) is 0 Å². The molecule has 2 saturated carbocycles. The molecule has 4 unspecified atom stereocenters. The molecule has 2 aliphatic carbocycles. The van der Waals surface area contributed by atoms with Crippen LogP contribution in [0.3, 0.4) is 0 Å². The SMILES string of the molecule is CC(=O)OC1CC(=O)C2CC(C)(OC(C)=O)C12. The van der Waals surface area contributed by atoms with Crippen LogP contribution in [0.1, 0.15) is 33.6 Å². The topological polar surface area (TPSA) is 69.7 Å². The van der Waals surface area contributed by atoms with Crippen LogP contribution in [-0.2, 0) is 23.9 Å². The molecule has 0 spiro atoms. The minimum atomic E-state index is -0.664. The summed E-state index contributed by atoms with van der Waals surface area (Å²) in [5.41, 5.74) is -0.664. The molecular formula is C12H16O5. The molecule has 0 saturated heterocycles. The number of esters is 2. The first-order valence-electron chi connectivity index (χ1n) is 5.73. The normalized spacial score (nSPS) is 39.2. The zero-order chi connectivity index (χ0) is 12.8. The molecule has 0 heterocycles. The maximum atomic E-state index is 11.7. The molecule has 0 amide bonds. The van der Waals surface area contributed by atoms with Gasteiger partial charge in [0.2, 0.25) is 0 Å². The van der Waals surface area contributed by atoms with Crippen molar-refractivity contribution in [1.82, 2.24) is 0 Å². The second kappa shape index (κ2) is 3.82. The maximum Gasteiger partial charge on any atom is 0.303 e. The molecule has 5 heteroatoms. The molecule has 17 heavy (non-hydrogen) atoms. The van der Waals surface area contributed by atoms with E-state index in [0.717, 1.165) is 0 Å². The summed E-state index contributed by atoms with van der Waals surface area (Å²) in [4.78, 5) is 33.7. The second-order valence-corrected chi connectivity index (χ2v) is 5.06. The van der Waals surface area contributed by atoms with E-state index < -0.39 is 17.7 Å². The summed E-state index contributed by atoms with van der Waals surface area (Å²) in [6, 6.07) is 0. The number of hydrogen-bond donors (Lipinski definition) is 0. The number of carbonyl (C=O) groups is 3. The Morgan fingerprint density at radius 1 is 1.29 bits per heavy atom. The van der Waals surface area contributed by atoms with Gasteiger partial charge in [-0.3, -0.25) is 14.4 Å². The third-order valence-electron chi connectivity index (χ3n) is 3.67. The first-order valence-corrected chi connectivity index (χ1v) is 5.73. The number of hydrogen-bond acceptors (Lipinski definition) is 5. The molecular weight excluding hydrogens is 224 g/mol. The first-order chi connectivity index (χ1) is 7.83. The van der Waals surface area contributed by atoms with E-state index in [4.69, 9.17) is 9.47 Å². The van der Waals surface area contributed by atoms with Gasteiger partial charge in [-0.2, -0.15) is 0 Å². The van der Waals surface area contributed by atoms with Crippen LogP contribution in [0, 0.1) is 11.8 Å². The zero-order valence-electron chi connectivity index (χ0n) is 10.2. The molecule has 0 aromatic heterocycles. The van der Waals surface area contributed by atoms with Crippen LogP contribution < -0.4 is 0 Å². The van der Waals surface area contributed by atoms with Crippen LogP contribution in [-0.4, -0.2) is 29.4 Å². The van der Waals surface area contributed by atoms with Gasteiger partial charge < -0.3 is 9.47 Å². The molecule has 0 radical (unpaired) electrons. The van der Waals surface area contributed by atoms with E-state index in [1.165, 1.54) is 13.8 Å². The van der Waals surface area contributed by atoms with Gasteiger partial charge in [-0.15, -0.1) is 0 Å². The number of rotatable bonds is 2. The average Bonchev–Trinajstić information content (AvgIpc) is 2.35. The van der Waals surface area contributed by atoms with Gasteiger partial charge >= 0.3 is 11.9 Å². The lowest BCUT2D eigenvalue weighted by atomic mass is 9.63. The Balaban J connectivity index is 2.14. The van der Waals surface area contributed by atoms with Crippen molar-refractivity contribution in [3.05, 3.63) is 0 Å². The van der Waals surface area contributed by atoms with E-state index in [9.17, 15) is 14.4 Å². The Labute approximate surface area is 99.5 Å². The van der Waals surface area contributed by atoms with E-state index in [2.05, 4.69) is 0 Å². The summed E-state index contributed by atoms with van der Waals surface area (Å²) in [7, 11) is 0. The van der Waals surface area contributed by atoms with E-state index >= 15 is 0 Å². The number of ether oxygens (including phenoxy) is 2. The first kappa shape index (κ1) is 12.1. The zero-order valence-corrected chi connectivity index (χ0v) is 10.2. The lowest BCUT2D eigenvalue weighted by molar-refractivity contribution is -0.199. The second-order valence-electron chi connectivity index (χ2n) is 5.06. The Hall–Kier alpha value is -1.39. The monoisotopic (exact) mass is 240 g/mol. The maximum absolute atomic E-state index is 11.7. The van der Waals surface area contributed by atoms with Crippen molar-refractivity contribution in [2.24, 2.45) is 11.8 Å². The minimum Gasteiger partial charge on any atom is -0.462 e. The molecule has 0 N–H and O–H groups in total. The van der Waals surface area contributed by atoms with Crippen LogP contribution in [0.5, 0.6) is 0 Å². The molecule has 94 valence electrons. The van der Waals surface area contributed by atoms with Gasteiger partial charge in [0.25, 0.3) is 0 Å². The van der Waals surface area contributed by atoms with E-state index in [1.54, 1.807) is 6.92 Å². The Morgan fingerprint density at radius 2 is 1.94 bits per heavy atom. The smallest absolute Gasteiger partial charge is 0.303 e. The quantitative estimate of drug-likeness (QED) is 0.669. The van der Waals surface area contributed by atoms with Gasteiger partial charge in [-0.25, -0.2) is 0 Å². The molecule has 2 aliphatic rings. The van der Waals surface area contributed by atoms with Gasteiger partial charge in [0.15, 0.2) is 0 Å². The fraction of sp³-hybridized carbons (Fsp3) is 0.750. The summed E-state index contributed by atoms with van der Waals surface area (Å²) in [5, 5.41) is 0. The molecule has 0 aliphatic heterocycles. The summed E-state index contributed by atoms with van der Waals surface area (Å²) in [6.45, 7) is 4.46. The van der Waals surface area contributed by atoms with Crippen molar-refractivity contribution in [1.29, 1.82) is 0 Å². The van der Waals surface area contributed by atoms with Crippen molar-refractivity contribution in [2.75, 3.05) is 0 Å². The third kappa shape index (κ3) is 1.94. The minimum absolute atomic E-state index is 0.103. The largest absolute Gasteiger partial charge is 0.462 e. The number of carbonyl (C=O) groups excluding carboxylic acids is 3. The van der Waals surface area contributed by atoms with Gasteiger partial charge in [0.1, 0.15) is 17.5 Å². The molecule has 0 aromatic carbocycles. The summed E-state index contributed by atoms with van der Waals surface area (Å²) < 4.78 is 10.4. The number of ketones is 1. The summed E-state index contributed by atoms with van der Waals surface area (Å²) in [6.07, 6.45) is 0.336. The molecule has 0 bridgehead atoms. The van der Waals surface area contributed by atoms with Crippen molar-refractivity contribution in [3.8, 4) is 0 Å². The lowest BCUT2D eigenvalue weighted by Gasteiger charge is -2.49. The highest BCUT2D eigenvalue weighted by Gasteiger charge is 2.64. The highest BCUT2D eigenvalue weighted by molar-refractivity contribution is 5.87. The lowest BCUT2D eigenvalue weighted by Crippen LogP contribution is -2.57. The Bertz CT molecular complexity index is 386. The predicted octanol–water partition coefficient (Wildman–Crippen LogP) is 0.849. The molecule has 2 fully saturated rings. The van der Waals surface area contributed by atoms with E-state index in [1.807, 2.05) is 0 Å². The molecule has 4 atom stereocenters. The molecule has 0 aromatic rings. The van der Waals surface area contributed by atoms with Crippen LogP contribution in [0.25, 0.3) is 0 Å². The van der Waals surface area contributed by atoms with E-state index in [0.29, 0.717) is 6.42 Å². The summed E-state index contributed by atoms with van der Waals surface area (Å²) >= 11 is 0. The van der Waals surface area contributed by atoms with Crippen molar-refractivity contribution in [2.45, 2.75) is 45.3 Å². The summed E-state index contributed by atoms with van der Waals surface area (Å²) in [5.74, 6) is -0.968. The van der Waals surface area contributed by atoms with Gasteiger partial charge in [-0.1, -0.05) is 0 Å². The predicted molar refractivity (Wildman–Crippen MR) is 56.9 cm³/mol. The molecule has 5 nitrogen and oxygen atoms in total. The van der Waals surface area contributed by atoms with Gasteiger partial charge in [-0.05, 0) is 13.3 Å². The van der Waals surface area contributed by atoms with Crippen LogP contribution in [0.4, 0.5) is 0 Å². The van der Waals surface area contributed by atoms with Crippen LogP contribution in [0.2, 0.25) is 0 Å². The van der Waals surface area contributed by atoms with Crippen LogP contribution >= 0.6 is 0 Å². The van der Waals surface area contributed by atoms with Crippen molar-refractivity contribution in [3.63, 3.8) is 0 Å². The standard InChI is InChI=1S/C12H16O5/c1-6(13)16-10-4-9(15)8-5-12(3,11(8)10)17-7(2)14/h8,10-11H,4-5H2,1-3H3. The Morgan fingerprint density at radius 3 is 2.47 bits per heavy atom. The fourth-order valence-corrected chi connectivity index (χ4v) is 3.17. The number of Topliss-reactive ketones (excluding diaryl/α,β-unsaturated/α-hetero) is 1. The third-order valence-corrected chi connectivity index (χ3v) is 3.67. The van der Waals surface area contributed by atoms with E-state index in [-0.39, 0.29) is 30.0 Å². The average molecular weight is 240 g/mol. The number of fused-ring (bicyclic) bond motifs is 1. The fourth-order valence-electron chi connectivity index (χ4n) is 3.17. The molecule has 2 rings (SSSR count). The van der Waals surface area contributed by atoms with Crippen molar-refractivity contribution < 1.29 is 23.9 Å². The van der Waals surface area contributed by atoms with Gasteiger partial charge in [0, 0.05) is 32.1 Å². The van der Waals surface area contributed by atoms with Crippen molar-refractivity contribution >= 4 is 17.7 Å². The highest BCUT2D eigenvalue weighted by Crippen LogP contribution is 2.54. The Kier molecular flexibility index (Phi) is 2.72. The van der Waals surface area contributed by atoms with Gasteiger partial charge in [0.05, 0.1) is 0 Å².